The average molecular weight is 375 g/mol. The molecule has 4 rings (SSSR count). The standard InChI is InChI=1S/C20H26N2O3S/c23-11-17-6-3-7-21(17)20(25)18-12-26-13-22(18)19(24)10-14-8-15-4-1-2-5-16(15)9-14/h1-2,4-5,14,17-18,23H,3,6-13H2/t17-,18-/m0/s1. The molecule has 0 spiro atoms. The van der Waals surface area contributed by atoms with Crippen molar-refractivity contribution >= 4 is 23.6 Å². The number of amides is 2. The number of thioether (sulfide) groups is 1. The SMILES string of the molecule is O=C([C@@H]1CSCN1C(=O)CC1Cc2ccccc2C1)N1CCC[C@H]1CO. The Labute approximate surface area is 158 Å². The first-order chi connectivity index (χ1) is 12.7. The van der Waals surface area contributed by atoms with Crippen LogP contribution in [0.2, 0.25) is 0 Å². The minimum Gasteiger partial charge on any atom is -0.394 e. The number of fused-ring (bicyclic) bond motifs is 1. The molecule has 140 valence electrons. The molecule has 1 aliphatic carbocycles. The van der Waals surface area contributed by atoms with Crippen molar-refractivity contribution in [1.29, 1.82) is 0 Å². The summed E-state index contributed by atoms with van der Waals surface area (Å²) in [5.41, 5.74) is 2.72. The number of likely N-dealkylation sites (tertiary alicyclic amines) is 1. The van der Waals surface area contributed by atoms with Gasteiger partial charge in [0.05, 0.1) is 18.5 Å². The molecule has 2 atom stereocenters. The molecule has 0 unspecified atom stereocenters. The fourth-order valence-electron chi connectivity index (χ4n) is 4.56. The van der Waals surface area contributed by atoms with E-state index in [-0.39, 0.29) is 30.5 Å². The van der Waals surface area contributed by atoms with E-state index in [9.17, 15) is 14.7 Å². The van der Waals surface area contributed by atoms with Gasteiger partial charge >= 0.3 is 0 Å². The van der Waals surface area contributed by atoms with Crippen LogP contribution >= 0.6 is 11.8 Å². The number of rotatable bonds is 4. The number of aliphatic hydroxyl groups is 1. The normalized spacial score (nSPS) is 25.7. The van der Waals surface area contributed by atoms with Gasteiger partial charge in [-0.15, -0.1) is 11.8 Å². The second kappa shape index (κ2) is 7.61. The molecule has 2 aliphatic heterocycles. The highest BCUT2D eigenvalue weighted by Crippen LogP contribution is 2.31. The Balaban J connectivity index is 1.39. The molecule has 2 amide bonds. The lowest BCUT2D eigenvalue weighted by Crippen LogP contribution is -2.51. The predicted molar refractivity (Wildman–Crippen MR) is 102 cm³/mol. The molecular formula is C20H26N2O3S. The monoisotopic (exact) mass is 374 g/mol. The zero-order valence-corrected chi connectivity index (χ0v) is 15.8. The summed E-state index contributed by atoms with van der Waals surface area (Å²) in [5, 5.41) is 9.50. The third kappa shape index (κ3) is 3.37. The summed E-state index contributed by atoms with van der Waals surface area (Å²) >= 11 is 1.65. The van der Waals surface area contributed by atoms with Crippen LogP contribution in [0, 0.1) is 5.92 Å². The van der Waals surface area contributed by atoms with Crippen LogP contribution < -0.4 is 0 Å². The van der Waals surface area contributed by atoms with Crippen LogP contribution in [0.25, 0.3) is 0 Å². The molecule has 2 fully saturated rings. The van der Waals surface area contributed by atoms with Crippen molar-refractivity contribution < 1.29 is 14.7 Å². The van der Waals surface area contributed by atoms with Gasteiger partial charge < -0.3 is 14.9 Å². The van der Waals surface area contributed by atoms with Crippen LogP contribution in [0.4, 0.5) is 0 Å². The maximum Gasteiger partial charge on any atom is 0.246 e. The van der Waals surface area contributed by atoms with E-state index >= 15 is 0 Å². The van der Waals surface area contributed by atoms with E-state index in [0.29, 0.717) is 30.5 Å². The van der Waals surface area contributed by atoms with E-state index in [2.05, 4.69) is 24.3 Å². The summed E-state index contributed by atoms with van der Waals surface area (Å²) in [6, 6.07) is 7.99. The minimum atomic E-state index is -0.358. The molecule has 3 aliphatic rings. The molecule has 0 bridgehead atoms. The Hall–Kier alpha value is -1.53. The second-order valence-electron chi connectivity index (χ2n) is 7.64. The van der Waals surface area contributed by atoms with Crippen molar-refractivity contribution in [3.63, 3.8) is 0 Å². The Bertz CT molecular complexity index is 670. The van der Waals surface area contributed by atoms with Gasteiger partial charge in [-0.05, 0) is 42.7 Å². The van der Waals surface area contributed by atoms with Crippen molar-refractivity contribution in [1.82, 2.24) is 9.80 Å². The summed E-state index contributed by atoms with van der Waals surface area (Å²) in [4.78, 5) is 29.5. The van der Waals surface area contributed by atoms with E-state index in [1.54, 1.807) is 21.6 Å². The van der Waals surface area contributed by atoms with Gasteiger partial charge in [-0.25, -0.2) is 0 Å². The molecule has 26 heavy (non-hydrogen) atoms. The zero-order valence-electron chi connectivity index (χ0n) is 15.0. The second-order valence-corrected chi connectivity index (χ2v) is 8.64. The van der Waals surface area contributed by atoms with E-state index in [0.717, 1.165) is 25.7 Å². The molecule has 1 aromatic rings. The third-order valence-corrected chi connectivity index (χ3v) is 6.97. The highest BCUT2D eigenvalue weighted by molar-refractivity contribution is 7.99. The molecule has 0 aromatic heterocycles. The molecular weight excluding hydrogens is 348 g/mol. The average Bonchev–Trinajstić information content (AvgIpc) is 3.38. The van der Waals surface area contributed by atoms with Crippen molar-refractivity contribution in [2.75, 3.05) is 24.8 Å². The summed E-state index contributed by atoms with van der Waals surface area (Å²) in [5.74, 6) is 1.75. The predicted octanol–water partition coefficient (Wildman–Crippen LogP) is 1.68. The quantitative estimate of drug-likeness (QED) is 0.871. The van der Waals surface area contributed by atoms with Crippen LogP contribution in [-0.4, -0.2) is 63.6 Å². The maximum absolute atomic E-state index is 13.0. The first-order valence-electron chi connectivity index (χ1n) is 9.52. The van der Waals surface area contributed by atoms with Crippen molar-refractivity contribution in [2.45, 2.75) is 44.2 Å². The molecule has 2 saturated heterocycles. The number of hydrogen-bond acceptors (Lipinski definition) is 4. The fraction of sp³-hybridized carbons (Fsp3) is 0.600. The lowest BCUT2D eigenvalue weighted by molar-refractivity contribution is -0.144. The highest BCUT2D eigenvalue weighted by Gasteiger charge is 2.40. The molecule has 0 radical (unpaired) electrons. The molecule has 0 saturated carbocycles. The number of carbonyl (C=O) groups excluding carboxylic acids is 2. The van der Waals surface area contributed by atoms with Crippen LogP contribution in [0.5, 0.6) is 0 Å². The fourth-order valence-corrected chi connectivity index (χ4v) is 5.73. The summed E-state index contributed by atoms with van der Waals surface area (Å²) in [7, 11) is 0. The number of benzene rings is 1. The van der Waals surface area contributed by atoms with Gasteiger partial charge in [0.25, 0.3) is 0 Å². The Morgan fingerprint density at radius 2 is 1.88 bits per heavy atom. The molecule has 6 heteroatoms. The van der Waals surface area contributed by atoms with Crippen LogP contribution in [0.3, 0.4) is 0 Å². The van der Waals surface area contributed by atoms with Crippen LogP contribution in [0.15, 0.2) is 24.3 Å². The molecule has 1 N–H and O–H groups in total. The summed E-state index contributed by atoms with van der Waals surface area (Å²) in [6.07, 6.45) is 4.23. The van der Waals surface area contributed by atoms with Gasteiger partial charge in [0.2, 0.25) is 11.8 Å². The summed E-state index contributed by atoms with van der Waals surface area (Å²) in [6.45, 7) is 0.713. The Morgan fingerprint density at radius 3 is 2.58 bits per heavy atom. The van der Waals surface area contributed by atoms with Crippen LogP contribution in [-0.2, 0) is 22.4 Å². The van der Waals surface area contributed by atoms with Crippen molar-refractivity contribution in [2.24, 2.45) is 5.92 Å². The van der Waals surface area contributed by atoms with Gasteiger partial charge in [0, 0.05) is 18.7 Å². The third-order valence-electron chi connectivity index (χ3n) is 5.96. The lowest BCUT2D eigenvalue weighted by Gasteiger charge is -2.30. The van der Waals surface area contributed by atoms with Gasteiger partial charge in [0.1, 0.15) is 6.04 Å². The first-order valence-corrected chi connectivity index (χ1v) is 10.7. The smallest absolute Gasteiger partial charge is 0.246 e. The number of hydrogen-bond donors (Lipinski definition) is 1. The topological polar surface area (TPSA) is 60.9 Å². The van der Waals surface area contributed by atoms with E-state index in [4.69, 9.17) is 0 Å². The number of carbonyl (C=O) groups is 2. The highest BCUT2D eigenvalue weighted by atomic mass is 32.2. The maximum atomic E-state index is 13.0. The van der Waals surface area contributed by atoms with E-state index < -0.39 is 0 Å². The molecule has 2 heterocycles. The van der Waals surface area contributed by atoms with Gasteiger partial charge in [-0.3, -0.25) is 9.59 Å². The van der Waals surface area contributed by atoms with Gasteiger partial charge in [-0.2, -0.15) is 0 Å². The first kappa shape index (κ1) is 17.9. The lowest BCUT2D eigenvalue weighted by atomic mass is 10.0. The molecule has 5 nitrogen and oxygen atoms in total. The zero-order chi connectivity index (χ0) is 18.1. The molecule has 1 aromatic carbocycles. The van der Waals surface area contributed by atoms with Gasteiger partial charge in [0.15, 0.2) is 0 Å². The Morgan fingerprint density at radius 1 is 1.15 bits per heavy atom. The summed E-state index contributed by atoms with van der Waals surface area (Å²) < 4.78 is 0. The van der Waals surface area contributed by atoms with E-state index in [1.165, 1.54) is 11.1 Å². The Kier molecular flexibility index (Phi) is 5.23. The van der Waals surface area contributed by atoms with Gasteiger partial charge in [-0.1, -0.05) is 24.3 Å². The largest absolute Gasteiger partial charge is 0.394 e. The van der Waals surface area contributed by atoms with Crippen molar-refractivity contribution in [3.05, 3.63) is 35.4 Å². The number of nitrogens with zero attached hydrogens (tertiary/aromatic N) is 2. The van der Waals surface area contributed by atoms with Crippen LogP contribution in [0.1, 0.15) is 30.4 Å². The minimum absolute atomic E-state index is 0.0138. The van der Waals surface area contributed by atoms with Crippen molar-refractivity contribution in [3.8, 4) is 0 Å². The van der Waals surface area contributed by atoms with E-state index in [1.807, 2.05) is 0 Å². The number of aliphatic hydroxyl groups excluding tert-OH is 1.